The molecular weight excluding hydrogens is 266 g/mol. The van der Waals surface area contributed by atoms with Crippen molar-refractivity contribution in [1.29, 1.82) is 0 Å². The van der Waals surface area contributed by atoms with E-state index < -0.39 is 0 Å². The Kier molecular flexibility index (Phi) is 3.71. The van der Waals surface area contributed by atoms with Crippen molar-refractivity contribution in [3.05, 3.63) is 53.1 Å². The Hall–Kier alpha value is -2.20. The van der Waals surface area contributed by atoms with Gasteiger partial charge in [0.05, 0.1) is 13.2 Å². The Morgan fingerprint density at radius 1 is 1.05 bits per heavy atom. The molecule has 21 heavy (non-hydrogen) atoms. The van der Waals surface area contributed by atoms with Gasteiger partial charge in [-0.05, 0) is 48.9 Å². The fourth-order valence-electron chi connectivity index (χ4n) is 2.70. The van der Waals surface area contributed by atoms with Gasteiger partial charge in [0.1, 0.15) is 5.75 Å². The maximum absolute atomic E-state index is 5.46. The van der Waals surface area contributed by atoms with E-state index in [1.165, 1.54) is 5.56 Å². The Labute approximate surface area is 124 Å². The third-order valence-corrected chi connectivity index (χ3v) is 3.77. The molecule has 1 aliphatic heterocycles. The first-order chi connectivity index (χ1) is 10.2. The number of methoxy groups -OCH3 is 1. The molecule has 0 saturated carbocycles. The predicted octanol–water partition coefficient (Wildman–Crippen LogP) is 3.04. The molecule has 4 heteroatoms. The maximum atomic E-state index is 5.46. The largest absolute Gasteiger partial charge is 0.496 e. The highest BCUT2D eigenvalue weighted by Gasteiger charge is 2.18. The van der Waals surface area contributed by atoms with Gasteiger partial charge in [0, 0.05) is 0 Å². The molecule has 0 fully saturated rings. The van der Waals surface area contributed by atoms with E-state index in [1.807, 2.05) is 25.2 Å². The summed E-state index contributed by atoms with van der Waals surface area (Å²) in [4.78, 5) is 0. The number of nitrogens with one attached hydrogen (secondary N) is 1. The van der Waals surface area contributed by atoms with Crippen molar-refractivity contribution in [1.82, 2.24) is 5.32 Å². The molecule has 1 N–H and O–H groups in total. The summed E-state index contributed by atoms with van der Waals surface area (Å²) in [6.07, 6.45) is 0. The number of hydrogen-bond acceptors (Lipinski definition) is 4. The monoisotopic (exact) mass is 285 g/mol. The minimum Gasteiger partial charge on any atom is -0.496 e. The molecule has 0 aromatic heterocycles. The second kappa shape index (κ2) is 5.66. The lowest BCUT2D eigenvalue weighted by atomic mass is 9.97. The van der Waals surface area contributed by atoms with Crippen LogP contribution in [0.25, 0.3) is 0 Å². The van der Waals surface area contributed by atoms with Crippen molar-refractivity contribution in [2.75, 3.05) is 21.0 Å². The first-order valence-electron chi connectivity index (χ1n) is 6.94. The van der Waals surface area contributed by atoms with Crippen LogP contribution in [0, 0.1) is 6.92 Å². The third-order valence-electron chi connectivity index (χ3n) is 3.77. The highest BCUT2D eigenvalue weighted by atomic mass is 16.7. The van der Waals surface area contributed by atoms with Crippen LogP contribution in [-0.2, 0) is 0 Å². The van der Waals surface area contributed by atoms with Crippen LogP contribution in [0.4, 0.5) is 0 Å². The smallest absolute Gasteiger partial charge is 0.231 e. The van der Waals surface area contributed by atoms with Crippen LogP contribution in [0.5, 0.6) is 17.2 Å². The number of ether oxygens (including phenoxy) is 3. The van der Waals surface area contributed by atoms with Crippen molar-refractivity contribution >= 4 is 0 Å². The molecule has 0 spiro atoms. The zero-order chi connectivity index (χ0) is 14.8. The quantitative estimate of drug-likeness (QED) is 0.937. The molecule has 0 saturated heterocycles. The number of fused-ring (bicyclic) bond motifs is 1. The van der Waals surface area contributed by atoms with Crippen molar-refractivity contribution < 1.29 is 14.2 Å². The molecule has 1 heterocycles. The lowest BCUT2D eigenvalue weighted by Gasteiger charge is -2.19. The maximum Gasteiger partial charge on any atom is 0.231 e. The summed E-state index contributed by atoms with van der Waals surface area (Å²) in [7, 11) is 3.64. The number of rotatable bonds is 4. The van der Waals surface area contributed by atoms with Crippen LogP contribution in [0.2, 0.25) is 0 Å². The molecule has 0 amide bonds. The lowest BCUT2D eigenvalue weighted by Crippen LogP contribution is -2.17. The molecule has 1 atom stereocenters. The summed E-state index contributed by atoms with van der Waals surface area (Å²) in [6.45, 7) is 2.35. The van der Waals surface area contributed by atoms with Crippen LogP contribution in [0.3, 0.4) is 0 Å². The minimum atomic E-state index is 0.101. The van der Waals surface area contributed by atoms with E-state index in [0.29, 0.717) is 6.79 Å². The fourth-order valence-corrected chi connectivity index (χ4v) is 2.70. The SMILES string of the molecule is CNC(c1ccc(OC)c(C)c1)c1ccc2c(c1)OCO2. The molecule has 1 aliphatic rings. The first-order valence-corrected chi connectivity index (χ1v) is 6.94. The van der Waals surface area contributed by atoms with E-state index in [4.69, 9.17) is 14.2 Å². The number of hydrogen-bond donors (Lipinski definition) is 1. The van der Waals surface area contributed by atoms with Gasteiger partial charge in [-0.3, -0.25) is 0 Å². The fraction of sp³-hybridized carbons (Fsp3) is 0.294. The summed E-state index contributed by atoms with van der Waals surface area (Å²) in [6, 6.07) is 12.4. The van der Waals surface area contributed by atoms with E-state index in [-0.39, 0.29) is 6.04 Å². The van der Waals surface area contributed by atoms with Gasteiger partial charge in [0.25, 0.3) is 0 Å². The molecule has 0 radical (unpaired) electrons. The Bertz CT molecular complexity index is 654. The lowest BCUT2D eigenvalue weighted by molar-refractivity contribution is 0.174. The molecule has 110 valence electrons. The van der Waals surface area contributed by atoms with Gasteiger partial charge in [-0.2, -0.15) is 0 Å². The van der Waals surface area contributed by atoms with Crippen LogP contribution in [-0.4, -0.2) is 21.0 Å². The topological polar surface area (TPSA) is 39.7 Å². The summed E-state index contributed by atoms with van der Waals surface area (Å²) in [5, 5.41) is 3.35. The highest BCUT2D eigenvalue weighted by molar-refractivity contribution is 5.48. The van der Waals surface area contributed by atoms with Crippen LogP contribution < -0.4 is 19.5 Å². The molecule has 2 aromatic carbocycles. The molecule has 4 nitrogen and oxygen atoms in total. The molecule has 2 aromatic rings. The normalized spacial score (nSPS) is 14.0. The Morgan fingerprint density at radius 3 is 2.48 bits per heavy atom. The van der Waals surface area contributed by atoms with Gasteiger partial charge in [0.2, 0.25) is 6.79 Å². The molecule has 1 unspecified atom stereocenters. The summed E-state index contributed by atoms with van der Waals surface area (Å²) in [5.41, 5.74) is 3.46. The molecule has 0 bridgehead atoms. The molecule has 0 aliphatic carbocycles. The van der Waals surface area contributed by atoms with Gasteiger partial charge < -0.3 is 19.5 Å². The molecular formula is C17H19NO3. The van der Waals surface area contributed by atoms with Crippen LogP contribution >= 0.6 is 0 Å². The Balaban J connectivity index is 1.96. The zero-order valence-electron chi connectivity index (χ0n) is 12.5. The first kappa shape index (κ1) is 13.8. The van der Waals surface area contributed by atoms with Crippen molar-refractivity contribution in [2.24, 2.45) is 0 Å². The van der Waals surface area contributed by atoms with Gasteiger partial charge in [0.15, 0.2) is 11.5 Å². The standard InChI is InChI=1S/C17H19NO3/c1-11-8-12(4-6-14(11)19-3)17(18-2)13-5-7-15-16(9-13)21-10-20-15/h4-9,17-18H,10H2,1-3H3. The van der Waals surface area contributed by atoms with Crippen LogP contribution in [0.1, 0.15) is 22.7 Å². The van der Waals surface area contributed by atoms with Crippen molar-refractivity contribution in [3.8, 4) is 17.2 Å². The Morgan fingerprint density at radius 2 is 1.76 bits per heavy atom. The van der Waals surface area contributed by atoms with Gasteiger partial charge in [-0.25, -0.2) is 0 Å². The van der Waals surface area contributed by atoms with E-state index in [9.17, 15) is 0 Å². The zero-order valence-corrected chi connectivity index (χ0v) is 12.5. The van der Waals surface area contributed by atoms with E-state index in [1.54, 1.807) is 7.11 Å². The van der Waals surface area contributed by atoms with Crippen LogP contribution in [0.15, 0.2) is 36.4 Å². The second-order valence-electron chi connectivity index (χ2n) is 5.06. The highest BCUT2D eigenvalue weighted by Crippen LogP contribution is 2.36. The average molecular weight is 285 g/mol. The second-order valence-corrected chi connectivity index (χ2v) is 5.06. The van der Waals surface area contributed by atoms with E-state index in [2.05, 4.69) is 30.4 Å². The van der Waals surface area contributed by atoms with Gasteiger partial charge >= 0.3 is 0 Å². The average Bonchev–Trinajstić information content (AvgIpc) is 2.96. The van der Waals surface area contributed by atoms with E-state index >= 15 is 0 Å². The molecule has 3 rings (SSSR count). The summed E-state index contributed by atoms with van der Waals surface area (Å²) in [5.74, 6) is 2.51. The van der Waals surface area contributed by atoms with Crippen molar-refractivity contribution in [3.63, 3.8) is 0 Å². The summed E-state index contributed by atoms with van der Waals surface area (Å²) >= 11 is 0. The van der Waals surface area contributed by atoms with Crippen molar-refractivity contribution in [2.45, 2.75) is 13.0 Å². The van der Waals surface area contributed by atoms with Gasteiger partial charge in [-0.1, -0.05) is 18.2 Å². The van der Waals surface area contributed by atoms with E-state index in [0.717, 1.165) is 28.4 Å². The summed E-state index contributed by atoms with van der Waals surface area (Å²) < 4.78 is 16.1. The predicted molar refractivity (Wildman–Crippen MR) is 81.2 cm³/mol. The number of benzene rings is 2. The number of aryl methyl sites for hydroxylation is 1. The minimum absolute atomic E-state index is 0.101. The van der Waals surface area contributed by atoms with Gasteiger partial charge in [-0.15, -0.1) is 0 Å². The third kappa shape index (κ3) is 2.54.